The minimum absolute atomic E-state index is 0.213. The molecule has 0 saturated heterocycles. The Morgan fingerprint density at radius 2 is 1.04 bits per heavy atom. The summed E-state index contributed by atoms with van der Waals surface area (Å²) in [5.41, 5.74) is 8.20. The Kier molecular flexibility index (Phi) is 6.09. The van der Waals surface area contributed by atoms with E-state index in [2.05, 4.69) is 97.3 Å². The first kappa shape index (κ1) is 27.3. The van der Waals surface area contributed by atoms with Crippen molar-refractivity contribution in [3.8, 4) is 51.3 Å². The standard InChI is InChI=1S/C42H30N4O/c1-42(2)33-18-10-12-20-36(33)47-38-34(42)26-25-32-31-17-9-11-19-35(31)46(37(32)38)30-23-21-29(22-24-30)41-44-39(27-13-5-3-6-14-27)43-40(45-41)28-15-7-4-8-16-28/h3-26H,1-2H3. The van der Waals surface area contributed by atoms with E-state index in [4.69, 9.17) is 19.7 Å². The molecule has 0 amide bonds. The normalized spacial score (nSPS) is 13.2. The molecule has 0 fully saturated rings. The molecule has 0 spiro atoms. The van der Waals surface area contributed by atoms with Gasteiger partial charge in [0.1, 0.15) is 5.75 Å². The quantitative estimate of drug-likeness (QED) is 0.200. The smallest absolute Gasteiger partial charge is 0.164 e. The van der Waals surface area contributed by atoms with Crippen molar-refractivity contribution < 1.29 is 4.74 Å². The SMILES string of the molecule is CC1(C)c2ccccc2Oc2c1ccc1c3ccccc3n(-c3ccc(-c4nc(-c5ccccc5)nc(-c5ccccc5)n4)cc3)c21. The lowest BCUT2D eigenvalue weighted by molar-refractivity contribution is 0.421. The first-order valence-electron chi connectivity index (χ1n) is 15.9. The number of hydrogen-bond acceptors (Lipinski definition) is 4. The van der Waals surface area contributed by atoms with E-state index in [0.717, 1.165) is 50.3 Å². The van der Waals surface area contributed by atoms with Gasteiger partial charge in [0.2, 0.25) is 0 Å². The number of fused-ring (bicyclic) bond motifs is 6. The molecular weight excluding hydrogens is 576 g/mol. The summed E-state index contributed by atoms with van der Waals surface area (Å²) in [5, 5.41) is 2.35. The summed E-state index contributed by atoms with van der Waals surface area (Å²) < 4.78 is 9.10. The van der Waals surface area contributed by atoms with Crippen LogP contribution < -0.4 is 4.74 Å². The van der Waals surface area contributed by atoms with Gasteiger partial charge >= 0.3 is 0 Å². The molecule has 0 bridgehead atoms. The monoisotopic (exact) mass is 606 g/mol. The Morgan fingerprint density at radius 3 is 1.70 bits per heavy atom. The molecule has 224 valence electrons. The van der Waals surface area contributed by atoms with Gasteiger partial charge < -0.3 is 9.30 Å². The van der Waals surface area contributed by atoms with Crippen molar-refractivity contribution >= 4 is 21.8 Å². The molecule has 0 atom stereocenters. The molecule has 1 aliphatic heterocycles. The summed E-state index contributed by atoms with van der Waals surface area (Å²) in [5.74, 6) is 3.73. The fourth-order valence-electron chi connectivity index (χ4n) is 6.92. The highest BCUT2D eigenvalue weighted by atomic mass is 16.5. The van der Waals surface area contributed by atoms with E-state index in [1.54, 1.807) is 0 Å². The summed E-state index contributed by atoms with van der Waals surface area (Å²) in [6, 6.07) is 50.1. The van der Waals surface area contributed by atoms with E-state index < -0.39 is 0 Å². The maximum atomic E-state index is 6.77. The van der Waals surface area contributed by atoms with E-state index in [1.165, 1.54) is 16.5 Å². The molecule has 47 heavy (non-hydrogen) atoms. The molecule has 3 heterocycles. The second-order valence-corrected chi connectivity index (χ2v) is 12.5. The molecular formula is C42H30N4O. The van der Waals surface area contributed by atoms with Crippen molar-refractivity contribution in [1.82, 2.24) is 19.5 Å². The summed E-state index contributed by atoms with van der Waals surface area (Å²) >= 11 is 0. The third kappa shape index (κ3) is 4.35. The zero-order valence-corrected chi connectivity index (χ0v) is 26.1. The van der Waals surface area contributed by atoms with E-state index in [9.17, 15) is 0 Å². The third-order valence-corrected chi connectivity index (χ3v) is 9.32. The van der Waals surface area contributed by atoms with Crippen LogP contribution in [0.1, 0.15) is 25.0 Å². The Morgan fingerprint density at radius 1 is 0.489 bits per heavy atom. The summed E-state index contributed by atoms with van der Waals surface area (Å²) in [6.07, 6.45) is 0. The van der Waals surface area contributed by atoms with Gasteiger partial charge in [-0.25, -0.2) is 15.0 Å². The molecule has 0 aliphatic carbocycles. The maximum absolute atomic E-state index is 6.77. The second-order valence-electron chi connectivity index (χ2n) is 12.5. The zero-order chi connectivity index (χ0) is 31.5. The molecule has 0 radical (unpaired) electrons. The predicted octanol–water partition coefficient (Wildman–Crippen LogP) is 10.4. The topological polar surface area (TPSA) is 52.8 Å². The third-order valence-electron chi connectivity index (χ3n) is 9.32. The van der Waals surface area contributed by atoms with E-state index >= 15 is 0 Å². The number of hydrogen-bond donors (Lipinski definition) is 0. The Hall–Kier alpha value is -6.07. The first-order chi connectivity index (χ1) is 23.1. The lowest BCUT2D eigenvalue weighted by atomic mass is 9.75. The van der Waals surface area contributed by atoms with Crippen molar-refractivity contribution in [2.24, 2.45) is 0 Å². The Bertz CT molecular complexity index is 2390. The molecule has 2 aromatic heterocycles. The second kappa shape index (κ2) is 10.5. The van der Waals surface area contributed by atoms with Crippen molar-refractivity contribution in [2.75, 3.05) is 0 Å². The van der Waals surface area contributed by atoms with Gasteiger partial charge in [0.25, 0.3) is 0 Å². The number of para-hydroxylation sites is 2. The Balaban J connectivity index is 1.22. The molecule has 9 rings (SSSR count). The lowest BCUT2D eigenvalue weighted by Gasteiger charge is -2.35. The minimum Gasteiger partial charge on any atom is -0.454 e. The highest BCUT2D eigenvalue weighted by molar-refractivity contribution is 6.12. The van der Waals surface area contributed by atoms with Crippen LogP contribution in [0.25, 0.3) is 61.7 Å². The summed E-state index contributed by atoms with van der Waals surface area (Å²) in [7, 11) is 0. The van der Waals surface area contributed by atoms with Crippen molar-refractivity contribution in [2.45, 2.75) is 19.3 Å². The van der Waals surface area contributed by atoms with Crippen molar-refractivity contribution in [3.05, 3.63) is 157 Å². The van der Waals surface area contributed by atoms with Gasteiger partial charge in [0, 0.05) is 49.7 Å². The minimum atomic E-state index is -0.213. The number of benzene rings is 6. The van der Waals surface area contributed by atoms with Gasteiger partial charge in [0.05, 0.1) is 11.0 Å². The van der Waals surface area contributed by atoms with Gasteiger partial charge in [-0.3, -0.25) is 0 Å². The van der Waals surface area contributed by atoms with Crippen LogP contribution in [-0.4, -0.2) is 19.5 Å². The van der Waals surface area contributed by atoms with Crippen LogP contribution in [0.4, 0.5) is 0 Å². The molecule has 5 heteroatoms. The number of aromatic nitrogens is 4. The summed E-state index contributed by atoms with van der Waals surface area (Å²) in [4.78, 5) is 14.7. The van der Waals surface area contributed by atoms with Gasteiger partial charge in [-0.1, -0.05) is 123 Å². The van der Waals surface area contributed by atoms with Crippen LogP contribution >= 0.6 is 0 Å². The largest absolute Gasteiger partial charge is 0.454 e. The molecule has 0 N–H and O–H groups in total. The Labute approximate surface area is 272 Å². The number of nitrogens with zero attached hydrogens (tertiary/aromatic N) is 4. The predicted molar refractivity (Wildman–Crippen MR) is 189 cm³/mol. The first-order valence-corrected chi connectivity index (χ1v) is 15.9. The van der Waals surface area contributed by atoms with Gasteiger partial charge in [-0.15, -0.1) is 0 Å². The molecule has 5 nitrogen and oxygen atoms in total. The van der Waals surface area contributed by atoms with Crippen LogP contribution in [0.5, 0.6) is 11.5 Å². The highest BCUT2D eigenvalue weighted by Gasteiger charge is 2.36. The van der Waals surface area contributed by atoms with Crippen molar-refractivity contribution in [3.63, 3.8) is 0 Å². The van der Waals surface area contributed by atoms with E-state index in [-0.39, 0.29) is 5.41 Å². The van der Waals surface area contributed by atoms with E-state index in [1.807, 2.05) is 66.7 Å². The van der Waals surface area contributed by atoms with Crippen LogP contribution in [0.3, 0.4) is 0 Å². The fourth-order valence-corrected chi connectivity index (χ4v) is 6.92. The molecule has 0 saturated carbocycles. The lowest BCUT2D eigenvalue weighted by Crippen LogP contribution is -2.24. The average molecular weight is 607 g/mol. The fraction of sp³-hybridized carbons (Fsp3) is 0.0714. The molecule has 8 aromatic rings. The van der Waals surface area contributed by atoms with Gasteiger partial charge in [0.15, 0.2) is 23.2 Å². The van der Waals surface area contributed by atoms with Crippen LogP contribution in [0.2, 0.25) is 0 Å². The summed E-state index contributed by atoms with van der Waals surface area (Å²) in [6.45, 7) is 4.56. The van der Waals surface area contributed by atoms with Gasteiger partial charge in [-0.05, 0) is 36.4 Å². The van der Waals surface area contributed by atoms with Crippen LogP contribution in [0.15, 0.2) is 146 Å². The molecule has 1 aliphatic rings. The number of ether oxygens (including phenoxy) is 1. The van der Waals surface area contributed by atoms with Crippen LogP contribution in [0, 0.1) is 0 Å². The van der Waals surface area contributed by atoms with Crippen LogP contribution in [-0.2, 0) is 5.41 Å². The average Bonchev–Trinajstić information content (AvgIpc) is 3.47. The zero-order valence-electron chi connectivity index (χ0n) is 26.1. The van der Waals surface area contributed by atoms with Gasteiger partial charge in [-0.2, -0.15) is 0 Å². The van der Waals surface area contributed by atoms with Crippen molar-refractivity contribution in [1.29, 1.82) is 0 Å². The maximum Gasteiger partial charge on any atom is 0.164 e. The van der Waals surface area contributed by atoms with E-state index in [0.29, 0.717) is 17.5 Å². The number of rotatable bonds is 4. The highest BCUT2D eigenvalue weighted by Crippen LogP contribution is 2.52. The molecule has 0 unspecified atom stereocenters. The molecule has 6 aromatic carbocycles.